The quantitative estimate of drug-likeness (QED) is 0.579. The van der Waals surface area contributed by atoms with Gasteiger partial charge < -0.3 is 0 Å². The molecule has 1 aromatic heterocycles. The predicted octanol–water partition coefficient (Wildman–Crippen LogP) is 2.96. The summed E-state index contributed by atoms with van der Waals surface area (Å²) in [6.07, 6.45) is 6.94. The molecule has 2 nitrogen and oxygen atoms in total. The SMILES string of the molecule is C1=Cn2nccc2C1.CC.CC. The van der Waals surface area contributed by atoms with Crippen LogP contribution < -0.4 is 0 Å². The van der Waals surface area contributed by atoms with Crippen molar-refractivity contribution in [1.29, 1.82) is 0 Å². The highest BCUT2D eigenvalue weighted by Crippen LogP contribution is 2.07. The van der Waals surface area contributed by atoms with Gasteiger partial charge in [0.2, 0.25) is 0 Å². The van der Waals surface area contributed by atoms with E-state index in [2.05, 4.69) is 11.2 Å². The van der Waals surface area contributed by atoms with E-state index < -0.39 is 0 Å². The Morgan fingerprint density at radius 2 is 1.92 bits per heavy atom. The summed E-state index contributed by atoms with van der Waals surface area (Å²) in [4.78, 5) is 0. The number of fused-ring (bicyclic) bond motifs is 1. The molecule has 0 aromatic carbocycles. The Kier molecular flexibility index (Phi) is 6.07. The minimum atomic E-state index is 1.04. The Hall–Kier alpha value is -1.05. The normalized spacial score (nSPS) is 10.7. The van der Waals surface area contributed by atoms with Crippen molar-refractivity contribution < 1.29 is 0 Å². The monoisotopic (exact) mass is 166 g/mol. The molecular weight excluding hydrogens is 148 g/mol. The molecule has 0 radical (unpaired) electrons. The van der Waals surface area contributed by atoms with E-state index in [1.54, 1.807) is 0 Å². The van der Waals surface area contributed by atoms with E-state index in [-0.39, 0.29) is 0 Å². The largest absolute Gasteiger partial charge is 0.245 e. The van der Waals surface area contributed by atoms with Crippen LogP contribution in [0.25, 0.3) is 6.20 Å². The van der Waals surface area contributed by atoms with Crippen molar-refractivity contribution in [3.05, 3.63) is 24.0 Å². The Balaban J connectivity index is 0.000000269. The maximum atomic E-state index is 4.03. The second-order valence-electron chi connectivity index (χ2n) is 1.86. The van der Waals surface area contributed by atoms with Crippen molar-refractivity contribution in [2.24, 2.45) is 0 Å². The maximum Gasteiger partial charge on any atom is 0.0496 e. The van der Waals surface area contributed by atoms with E-state index in [0.29, 0.717) is 0 Å². The summed E-state index contributed by atoms with van der Waals surface area (Å²) in [6.45, 7) is 8.00. The average Bonchev–Trinajstić information content (AvgIpc) is 2.72. The number of hydrogen-bond donors (Lipinski definition) is 0. The lowest BCUT2D eigenvalue weighted by Gasteiger charge is -1.85. The molecule has 1 aromatic rings. The highest BCUT2D eigenvalue weighted by molar-refractivity contribution is 5.32. The van der Waals surface area contributed by atoms with Crippen molar-refractivity contribution in [3.63, 3.8) is 0 Å². The fourth-order valence-corrected chi connectivity index (χ4v) is 0.911. The highest BCUT2D eigenvalue weighted by atomic mass is 15.3. The van der Waals surface area contributed by atoms with Crippen LogP contribution in [0.3, 0.4) is 0 Å². The van der Waals surface area contributed by atoms with E-state index in [9.17, 15) is 0 Å². The molecule has 0 amide bonds. The van der Waals surface area contributed by atoms with Crippen molar-refractivity contribution in [1.82, 2.24) is 9.78 Å². The molecule has 0 N–H and O–H groups in total. The first-order valence-corrected chi connectivity index (χ1v) is 4.66. The fourth-order valence-electron chi connectivity index (χ4n) is 0.911. The third-order valence-corrected chi connectivity index (χ3v) is 1.33. The van der Waals surface area contributed by atoms with Crippen LogP contribution in [0, 0.1) is 0 Å². The molecule has 2 rings (SSSR count). The Bertz CT molecular complexity index is 223. The van der Waals surface area contributed by atoms with Gasteiger partial charge >= 0.3 is 0 Å². The van der Waals surface area contributed by atoms with Gasteiger partial charge in [0, 0.05) is 24.5 Å². The molecule has 0 unspecified atom stereocenters. The van der Waals surface area contributed by atoms with Gasteiger partial charge in [0.15, 0.2) is 0 Å². The molecule has 0 bridgehead atoms. The minimum Gasteiger partial charge on any atom is -0.245 e. The first kappa shape index (κ1) is 11.0. The third-order valence-electron chi connectivity index (χ3n) is 1.33. The second kappa shape index (κ2) is 6.65. The van der Waals surface area contributed by atoms with E-state index in [1.807, 2.05) is 50.8 Å². The first-order chi connectivity index (χ1) is 5.97. The zero-order chi connectivity index (χ0) is 9.40. The Labute approximate surface area is 74.9 Å². The van der Waals surface area contributed by atoms with Crippen LogP contribution in [0.1, 0.15) is 33.4 Å². The number of allylic oxidation sites excluding steroid dienone is 1. The molecule has 68 valence electrons. The fraction of sp³-hybridized carbons (Fsp3) is 0.500. The topological polar surface area (TPSA) is 17.8 Å². The first-order valence-electron chi connectivity index (χ1n) is 4.66. The van der Waals surface area contributed by atoms with Gasteiger partial charge in [-0.25, -0.2) is 4.68 Å². The molecule has 1 aliphatic rings. The number of nitrogens with zero attached hydrogens (tertiary/aromatic N) is 2. The van der Waals surface area contributed by atoms with Crippen molar-refractivity contribution in [2.75, 3.05) is 0 Å². The van der Waals surface area contributed by atoms with Crippen LogP contribution in [0.4, 0.5) is 0 Å². The molecule has 0 spiro atoms. The van der Waals surface area contributed by atoms with Crippen molar-refractivity contribution in [2.45, 2.75) is 34.1 Å². The van der Waals surface area contributed by atoms with Crippen molar-refractivity contribution in [3.8, 4) is 0 Å². The van der Waals surface area contributed by atoms with Crippen LogP contribution in [0.5, 0.6) is 0 Å². The summed E-state index contributed by atoms with van der Waals surface area (Å²) >= 11 is 0. The number of hydrogen-bond acceptors (Lipinski definition) is 1. The molecule has 0 atom stereocenters. The third kappa shape index (κ3) is 2.53. The van der Waals surface area contributed by atoms with Crippen LogP contribution in [0.2, 0.25) is 0 Å². The zero-order valence-corrected chi connectivity index (χ0v) is 8.41. The van der Waals surface area contributed by atoms with Crippen LogP contribution in [-0.4, -0.2) is 9.78 Å². The molecule has 1 aliphatic heterocycles. The van der Waals surface area contributed by atoms with Gasteiger partial charge in [-0.05, 0) is 6.07 Å². The van der Waals surface area contributed by atoms with E-state index in [1.165, 1.54) is 5.69 Å². The maximum absolute atomic E-state index is 4.03. The lowest BCUT2D eigenvalue weighted by atomic mass is 10.3. The molecule has 2 heteroatoms. The van der Waals surface area contributed by atoms with Gasteiger partial charge in [0.25, 0.3) is 0 Å². The summed E-state index contributed by atoms with van der Waals surface area (Å²) in [5.74, 6) is 0. The summed E-state index contributed by atoms with van der Waals surface area (Å²) in [7, 11) is 0. The predicted molar refractivity (Wildman–Crippen MR) is 54.0 cm³/mol. The highest BCUT2D eigenvalue weighted by Gasteiger charge is 2.00. The average molecular weight is 166 g/mol. The van der Waals surface area contributed by atoms with Gasteiger partial charge in [-0.1, -0.05) is 33.8 Å². The lowest BCUT2D eigenvalue weighted by Crippen LogP contribution is -1.86. The minimum absolute atomic E-state index is 1.04. The summed E-state index contributed by atoms with van der Waals surface area (Å²) < 4.78 is 1.89. The standard InChI is InChI=1S/C6H6N2.2C2H6/c1-2-6-3-4-7-8(6)5-1;2*1-2/h1,3-5H,2H2;2*1-2H3. The van der Waals surface area contributed by atoms with Gasteiger partial charge in [-0.15, -0.1) is 0 Å². The molecule has 0 fully saturated rings. The van der Waals surface area contributed by atoms with E-state index >= 15 is 0 Å². The van der Waals surface area contributed by atoms with Crippen LogP contribution >= 0.6 is 0 Å². The Morgan fingerprint density at radius 1 is 1.25 bits per heavy atom. The van der Waals surface area contributed by atoms with Crippen molar-refractivity contribution >= 4 is 6.20 Å². The van der Waals surface area contributed by atoms with Gasteiger partial charge in [-0.3, -0.25) is 0 Å². The molecule has 2 heterocycles. The molecule has 0 saturated heterocycles. The summed E-state index contributed by atoms with van der Waals surface area (Å²) in [6, 6.07) is 2.03. The summed E-state index contributed by atoms with van der Waals surface area (Å²) in [5, 5.41) is 4.03. The molecule has 0 saturated carbocycles. The molecular formula is C10H18N2. The zero-order valence-electron chi connectivity index (χ0n) is 8.41. The molecule has 12 heavy (non-hydrogen) atoms. The summed E-state index contributed by atoms with van der Waals surface area (Å²) in [5.41, 5.74) is 1.28. The lowest BCUT2D eigenvalue weighted by molar-refractivity contribution is 0.907. The van der Waals surface area contributed by atoms with Gasteiger partial charge in [0.05, 0.1) is 0 Å². The number of aromatic nitrogens is 2. The van der Waals surface area contributed by atoms with Crippen LogP contribution in [-0.2, 0) is 6.42 Å². The van der Waals surface area contributed by atoms with Gasteiger partial charge in [-0.2, -0.15) is 5.10 Å². The van der Waals surface area contributed by atoms with E-state index in [4.69, 9.17) is 0 Å². The Morgan fingerprint density at radius 3 is 2.50 bits per heavy atom. The second-order valence-corrected chi connectivity index (χ2v) is 1.86. The van der Waals surface area contributed by atoms with E-state index in [0.717, 1.165) is 6.42 Å². The van der Waals surface area contributed by atoms with Gasteiger partial charge in [0.1, 0.15) is 0 Å². The molecule has 0 aliphatic carbocycles. The smallest absolute Gasteiger partial charge is 0.0496 e. The number of rotatable bonds is 0. The van der Waals surface area contributed by atoms with Crippen LogP contribution in [0.15, 0.2) is 18.3 Å².